The summed E-state index contributed by atoms with van der Waals surface area (Å²) in [6.07, 6.45) is 1.45. The number of amides is 1. The number of likely N-dealkylation sites (N-methyl/N-ethyl adjacent to an activating group) is 1. The number of aromatic nitrogens is 2. The third-order valence-electron chi connectivity index (χ3n) is 5.98. The van der Waals surface area contributed by atoms with Crippen molar-refractivity contribution in [2.24, 2.45) is 5.41 Å². The largest absolute Gasteiger partial charge is 0.465 e. The number of carbonyl (C=O) groups is 1. The molecule has 29 heavy (non-hydrogen) atoms. The summed E-state index contributed by atoms with van der Waals surface area (Å²) in [5, 5.41) is 9.62. The van der Waals surface area contributed by atoms with Crippen LogP contribution in [0, 0.1) is 12.3 Å². The number of nitrogens with zero attached hydrogens (tertiary/aromatic N) is 5. The molecule has 3 heterocycles. The van der Waals surface area contributed by atoms with Gasteiger partial charge in [0.1, 0.15) is 6.61 Å². The number of halogens is 1. The van der Waals surface area contributed by atoms with Gasteiger partial charge in [0, 0.05) is 25.7 Å². The van der Waals surface area contributed by atoms with Crippen LogP contribution in [0.1, 0.15) is 39.3 Å². The summed E-state index contributed by atoms with van der Waals surface area (Å²) < 4.78 is 6.80. The lowest BCUT2D eigenvalue weighted by Crippen LogP contribution is -2.59. The lowest BCUT2D eigenvalue weighted by atomic mass is 9.84. The molecular weight excluding hydrogens is 438 g/mol. The highest BCUT2D eigenvalue weighted by atomic mass is 79.9. The van der Waals surface area contributed by atoms with Crippen LogP contribution in [0.3, 0.4) is 0 Å². The van der Waals surface area contributed by atoms with Gasteiger partial charge in [-0.15, -0.1) is 0 Å². The first-order valence-corrected chi connectivity index (χ1v) is 11.0. The van der Waals surface area contributed by atoms with Crippen molar-refractivity contribution in [3.63, 3.8) is 0 Å². The quantitative estimate of drug-likeness (QED) is 0.724. The average molecular weight is 470 g/mol. The Morgan fingerprint density at radius 1 is 1.28 bits per heavy atom. The van der Waals surface area contributed by atoms with Gasteiger partial charge >= 0.3 is 12.1 Å². The van der Waals surface area contributed by atoms with Crippen molar-refractivity contribution in [1.29, 1.82) is 0 Å². The van der Waals surface area contributed by atoms with Gasteiger partial charge in [0.05, 0.1) is 16.2 Å². The Morgan fingerprint density at radius 3 is 2.59 bits per heavy atom. The summed E-state index contributed by atoms with van der Waals surface area (Å²) in [4.78, 5) is 26.9. The van der Waals surface area contributed by atoms with Crippen molar-refractivity contribution in [1.82, 2.24) is 19.8 Å². The lowest BCUT2D eigenvalue weighted by Gasteiger charge is -2.46. The molecule has 2 fully saturated rings. The Labute approximate surface area is 181 Å². The predicted molar refractivity (Wildman–Crippen MR) is 116 cm³/mol. The first-order chi connectivity index (χ1) is 13.6. The van der Waals surface area contributed by atoms with E-state index >= 15 is 0 Å². The van der Waals surface area contributed by atoms with Crippen molar-refractivity contribution in [2.75, 3.05) is 44.7 Å². The van der Waals surface area contributed by atoms with Crippen LogP contribution in [0.15, 0.2) is 4.47 Å². The smallest absolute Gasteiger partial charge is 0.407 e. The summed E-state index contributed by atoms with van der Waals surface area (Å²) in [6, 6.07) is 0.650. The average Bonchev–Trinajstić information content (AvgIpc) is 3.06. The third kappa shape index (κ3) is 4.94. The fraction of sp³-hybridized carbons (Fsp3) is 0.750. The molecule has 0 bridgehead atoms. The minimum atomic E-state index is -0.868. The molecule has 162 valence electrons. The third-order valence-corrected chi connectivity index (χ3v) is 6.91. The van der Waals surface area contributed by atoms with Gasteiger partial charge < -0.3 is 24.5 Å². The number of anilines is 1. The van der Waals surface area contributed by atoms with Crippen molar-refractivity contribution in [3.05, 3.63) is 10.2 Å². The molecule has 2 saturated heterocycles. The number of rotatable bonds is 4. The van der Waals surface area contributed by atoms with Crippen LogP contribution in [0.4, 0.5) is 10.6 Å². The zero-order chi connectivity index (χ0) is 21.3. The number of likely N-dealkylation sites (tertiary alicyclic amines) is 1. The summed E-state index contributed by atoms with van der Waals surface area (Å²) in [5.74, 6) is 0.770. The van der Waals surface area contributed by atoms with E-state index in [9.17, 15) is 9.90 Å². The number of ether oxygens (including phenoxy) is 1. The Kier molecular flexibility index (Phi) is 6.57. The number of piperazine rings is 1. The van der Waals surface area contributed by atoms with Crippen LogP contribution in [-0.2, 0) is 0 Å². The summed E-state index contributed by atoms with van der Waals surface area (Å²) in [5.41, 5.74) is 0.635. The minimum absolute atomic E-state index is 0.132. The highest BCUT2D eigenvalue weighted by molar-refractivity contribution is 9.10. The second-order valence-electron chi connectivity index (χ2n) is 9.12. The van der Waals surface area contributed by atoms with Crippen LogP contribution in [0.5, 0.6) is 6.01 Å². The Bertz CT molecular complexity index is 754. The zero-order valence-corrected chi connectivity index (χ0v) is 19.6. The Hall–Kier alpha value is -1.61. The topological polar surface area (TPSA) is 82.0 Å². The van der Waals surface area contributed by atoms with Crippen LogP contribution in [0.25, 0.3) is 0 Å². The molecule has 2 aliphatic rings. The van der Waals surface area contributed by atoms with Gasteiger partial charge in [0.15, 0.2) is 5.82 Å². The molecule has 0 aromatic carbocycles. The summed E-state index contributed by atoms with van der Waals surface area (Å²) in [6.45, 7) is 11.4. The van der Waals surface area contributed by atoms with Crippen LogP contribution < -0.4 is 9.64 Å². The molecule has 2 aliphatic heterocycles. The predicted octanol–water partition coefficient (Wildman–Crippen LogP) is 3.24. The first kappa shape index (κ1) is 22.1. The van der Waals surface area contributed by atoms with Crippen LogP contribution in [-0.4, -0.2) is 82.9 Å². The normalized spacial score (nSPS) is 23.5. The van der Waals surface area contributed by atoms with Gasteiger partial charge in [-0.1, -0.05) is 20.8 Å². The fourth-order valence-corrected chi connectivity index (χ4v) is 4.53. The van der Waals surface area contributed by atoms with Gasteiger partial charge in [-0.3, -0.25) is 0 Å². The standard InChI is InChI=1S/C20H32BrN5O3/c1-13-16(21)17(23-18(22-13)29-12-14-7-6-8-24(14)5)25-9-10-26(19(27)28)15(11-25)20(2,3)4/h14-15H,6-12H2,1-5H3,(H,27,28). The van der Waals surface area contributed by atoms with Crippen LogP contribution >= 0.6 is 15.9 Å². The van der Waals surface area contributed by atoms with Crippen molar-refractivity contribution in [2.45, 2.75) is 52.6 Å². The maximum Gasteiger partial charge on any atom is 0.407 e. The zero-order valence-electron chi connectivity index (χ0n) is 18.0. The number of hydrogen-bond acceptors (Lipinski definition) is 6. The second kappa shape index (κ2) is 8.63. The highest BCUT2D eigenvalue weighted by Crippen LogP contribution is 2.34. The number of aryl methyl sites for hydroxylation is 1. The maximum absolute atomic E-state index is 11.7. The van der Waals surface area contributed by atoms with Crippen molar-refractivity contribution in [3.8, 4) is 6.01 Å². The molecule has 8 nitrogen and oxygen atoms in total. The van der Waals surface area contributed by atoms with E-state index in [1.807, 2.05) is 6.92 Å². The minimum Gasteiger partial charge on any atom is -0.465 e. The maximum atomic E-state index is 11.7. The molecule has 2 unspecified atom stereocenters. The number of hydrogen-bond donors (Lipinski definition) is 1. The van der Waals surface area contributed by atoms with Gasteiger partial charge in [-0.25, -0.2) is 4.79 Å². The van der Waals surface area contributed by atoms with E-state index in [4.69, 9.17) is 9.72 Å². The Balaban J connectivity index is 1.80. The van der Waals surface area contributed by atoms with Gasteiger partial charge in [-0.05, 0) is 54.7 Å². The molecule has 0 radical (unpaired) electrons. The molecular formula is C20H32BrN5O3. The second-order valence-corrected chi connectivity index (χ2v) is 9.91. The van der Waals surface area contributed by atoms with E-state index in [-0.39, 0.29) is 11.5 Å². The van der Waals surface area contributed by atoms with Gasteiger partial charge in [-0.2, -0.15) is 9.97 Å². The molecule has 0 saturated carbocycles. The fourth-order valence-electron chi connectivity index (χ4n) is 4.10. The van der Waals surface area contributed by atoms with Gasteiger partial charge in [0.25, 0.3) is 0 Å². The van der Waals surface area contributed by atoms with E-state index in [1.165, 1.54) is 6.42 Å². The van der Waals surface area contributed by atoms with Crippen molar-refractivity contribution >= 4 is 27.8 Å². The monoisotopic (exact) mass is 469 g/mol. The van der Waals surface area contributed by atoms with E-state index < -0.39 is 6.09 Å². The van der Waals surface area contributed by atoms with E-state index in [2.05, 4.69) is 58.5 Å². The molecule has 2 atom stereocenters. The molecule has 9 heteroatoms. The van der Waals surface area contributed by atoms with E-state index in [0.717, 1.165) is 29.0 Å². The van der Waals surface area contributed by atoms with Crippen molar-refractivity contribution < 1.29 is 14.6 Å². The van der Waals surface area contributed by atoms with E-state index in [1.54, 1.807) is 4.90 Å². The molecule has 0 spiro atoms. The SMILES string of the molecule is Cc1nc(OCC2CCCN2C)nc(N2CCN(C(=O)O)C(C(C)(C)C)C2)c1Br. The summed E-state index contributed by atoms with van der Waals surface area (Å²) >= 11 is 3.63. The van der Waals surface area contributed by atoms with Crippen LogP contribution in [0.2, 0.25) is 0 Å². The molecule has 1 aromatic heterocycles. The molecule has 1 amide bonds. The molecule has 1 N–H and O–H groups in total. The molecule has 0 aliphatic carbocycles. The van der Waals surface area contributed by atoms with Gasteiger partial charge in [0.2, 0.25) is 0 Å². The molecule has 3 rings (SSSR count). The first-order valence-electron chi connectivity index (χ1n) is 10.2. The lowest BCUT2D eigenvalue weighted by molar-refractivity contribution is 0.0746. The highest BCUT2D eigenvalue weighted by Gasteiger charge is 2.39. The van der Waals surface area contributed by atoms with E-state index in [0.29, 0.717) is 38.3 Å². The summed E-state index contributed by atoms with van der Waals surface area (Å²) in [7, 11) is 2.12. The number of carboxylic acid groups (broad SMARTS) is 1. The molecule has 1 aromatic rings. The Morgan fingerprint density at radius 2 is 2.00 bits per heavy atom.